The lowest BCUT2D eigenvalue weighted by Gasteiger charge is -2.10. The number of halogens is 2. The molecule has 7 nitrogen and oxygen atoms in total. The number of esters is 1. The van der Waals surface area contributed by atoms with Crippen LogP contribution in [0.15, 0.2) is 42.5 Å². The predicted octanol–water partition coefficient (Wildman–Crippen LogP) is 3.34. The number of ether oxygens (including phenoxy) is 2. The monoisotopic (exact) mass is 406 g/mol. The molecule has 0 saturated carbocycles. The van der Waals surface area contributed by atoms with Gasteiger partial charge in [0.05, 0.1) is 6.42 Å². The maximum Gasteiger partial charge on any atom is 0.387 e. The molecule has 0 saturated heterocycles. The summed E-state index contributed by atoms with van der Waals surface area (Å²) in [6, 6.07) is 10.1. The molecule has 154 valence electrons. The second kappa shape index (κ2) is 10.2. The van der Waals surface area contributed by atoms with Crippen LogP contribution in [0.4, 0.5) is 19.3 Å². The first-order valence-electron chi connectivity index (χ1n) is 8.60. The Balaban J connectivity index is 1.75. The van der Waals surface area contributed by atoms with Crippen molar-refractivity contribution >= 4 is 23.6 Å². The minimum atomic E-state index is -2.93. The van der Waals surface area contributed by atoms with Crippen LogP contribution in [0.3, 0.4) is 0 Å². The van der Waals surface area contributed by atoms with Gasteiger partial charge in [-0.15, -0.1) is 0 Å². The molecule has 2 N–H and O–H groups in total. The number of nitrogens with one attached hydrogen (secondary N) is 2. The molecule has 0 bridgehead atoms. The minimum absolute atomic E-state index is 0.0358. The molecular weight excluding hydrogens is 386 g/mol. The zero-order valence-electron chi connectivity index (χ0n) is 15.8. The third-order valence-electron chi connectivity index (χ3n) is 3.74. The number of carbonyl (C=O) groups excluding carboxylic acids is 3. The molecule has 0 atom stereocenters. The summed E-state index contributed by atoms with van der Waals surface area (Å²) >= 11 is 0. The van der Waals surface area contributed by atoms with Gasteiger partial charge in [0.15, 0.2) is 6.61 Å². The van der Waals surface area contributed by atoms with E-state index in [1.54, 1.807) is 6.07 Å². The number of amides is 3. The molecule has 0 radical (unpaired) electrons. The van der Waals surface area contributed by atoms with Crippen molar-refractivity contribution in [2.45, 2.75) is 26.9 Å². The van der Waals surface area contributed by atoms with Gasteiger partial charge in [0.25, 0.3) is 5.91 Å². The van der Waals surface area contributed by atoms with Crippen LogP contribution in [0, 0.1) is 13.8 Å². The van der Waals surface area contributed by atoms with E-state index in [0.717, 1.165) is 11.1 Å². The van der Waals surface area contributed by atoms with Crippen LogP contribution in [0.25, 0.3) is 0 Å². The SMILES string of the molecule is Cc1ccc(NC(=O)NC(=O)COC(=O)Cc2ccc(OC(F)F)cc2)c(C)c1. The van der Waals surface area contributed by atoms with Crippen molar-refractivity contribution in [3.05, 3.63) is 59.2 Å². The number of anilines is 1. The molecule has 0 heterocycles. The number of alkyl halides is 2. The van der Waals surface area contributed by atoms with Crippen molar-refractivity contribution < 1.29 is 32.6 Å². The highest BCUT2D eigenvalue weighted by Gasteiger charge is 2.13. The number of hydrogen-bond acceptors (Lipinski definition) is 5. The van der Waals surface area contributed by atoms with Gasteiger partial charge in [-0.1, -0.05) is 29.8 Å². The smallest absolute Gasteiger partial charge is 0.387 e. The van der Waals surface area contributed by atoms with Crippen LogP contribution in [0.2, 0.25) is 0 Å². The second-order valence-corrected chi connectivity index (χ2v) is 6.18. The predicted molar refractivity (Wildman–Crippen MR) is 101 cm³/mol. The van der Waals surface area contributed by atoms with Gasteiger partial charge in [0, 0.05) is 5.69 Å². The van der Waals surface area contributed by atoms with Crippen LogP contribution < -0.4 is 15.4 Å². The summed E-state index contributed by atoms with van der Waals surface area (Å²) in [4.78, 5) is 35.4. The Kier molecular flexibility index (Phi) is 7.64. The number of rotatable bonds is 7. The van der Waals surface area contributed by atoms with E-state index in [0.29, 0.717) is 11.3 Å². The molecule has 0 unspecified atom stereocenters. The summed E-state index contributed by atoms with van der Waals surface area (Å²) in [5, 5.41) is 4.60. The van der Waals surface area contributed by atoms with Crippen LogP contribution in [0.5, 0.6) is 5.75 Å². The fraction of sp³-hybridized carbons (Fsp3) is 0.250. The Labute approximate surface area is 166 Å². The zero-order valence-corrected chi connectivity index (χ0v) is 15.8. The Morgan fingerprint density at radius 3 is 2.34 bits per heavy atom. The minimum Gasteiger partial charge on any atom is -0.455 e. The molecule has 0 aliphatic carbocycles. The van der Waals surface area contributed by atoms with Gasteiger partial charge in [-0.05, 0) is 43.2 Å². The largest absolute Gasteiger partial charge is 0.455 e. The molecule has 0 aromatic heterocycles. The first-order chi connectivity index (χ1) is 13.7. The maximum atomic E-state index is 12.1. The average molecular weight is 406 g/mol. The van der Waals surface area contributed by atoms with Crippen LogP contribution >= 0.6 is 0 Å². The fourth-order valence-corrected chi connectivity index (χ4v) is 2.42. The van der Waals surface area contributed by atoms with E-state index >= 15 is 0 Å². The van der Waals surface area contributed by atoms with Crippen molar-refractivity contribution in [1.29, 1.82) is 0 Å². The van der Waals surface area contributed by atoms with Crippen molar-refractivity contribution in [3.63, 3.8) is 0 Å². The third kappa shape index (κ3) is 7.57. The number of urea groups is 1. The molecule has 2 aromatic carbocycles. The van der Waals surface area contributed by atoms with Gasteiger partial charge < -0.3 is 14.8 Å². The molecular formula is C20H20F2N2O5. The van der Waals surface area contributed by atoms with Crippen LogP contribution in [-0.4, -0.2) is 31.1 Å². The van der Waals surface area contributed by atoms with E-state index in [-0.39, 0.29) is 12.2 Å². The fourth-order valence-electron chi connectivity index (χ4n) is 2.42. The topological polar surface area (TPSA) is 93.7 Å². The molecule has 0 spiro atoms. The Morgan fingerprint density at radius 1 is 1.03 bits per heavy atom. The van der Waals surface area contributed by atoms with Gasteiger partial charge in [-0.3, -0.25) is 14.9 Å². The summed E-state index contributed by atoms with van der Waals surface area (Å²) < 4.78 is 33.2. The lowest BCUT2D eigenvalue weighted by Crippen LogP contribution is -2.37. The first kappa shape index (κ1) is 21.8. The average Bonchev–Trinajstić information content (AvgIpc) is 2.63. The highest BCUT2D eigenvalue weighted by Crippen LogP contribution is 2.16. The lowest BCUT2D eigenvalue weighted by atomic mass is 10.1. The van der Waals surface area contributed by atoms with Crippen LogP contribution in [0.1, 0.15) is 16.7 Å². The van der Waals surface area contributed by atoms with Gasteiger partial charge in [-0.2, -0.15) is 8.78 Å². The molecule has 0 aliphatic heterocycles. The van der Waals surface area contributed by atoms with E-state index in [1.807, 2.05) is 26.0 Å². The second-order valence-electron chi connectivity index (χ2n) is 6.18. The van der Waals surface area contributed by atoms with Crippen molar-refractivity contribution in [1.82, 2.24) is 5.32 Å². The Hall–Kier alpha value is -3.49. The maximum absolute atomic E-state index is 12.1. The number of aryl methyl sites for hydroxylation is 2. The zero-order chi connectivity index (χ0) is 21.4. The highest BCUT2D eigenvalue weighted by atomic mass is 19.3. The molecule has 2 rings (SSSR count). The quantitative estimate of drug-likeness (QED) is 0.688. The van der Waals surface area contributed by atoms with Gasteiger partial charge >= 0.3 is 18.6 Å². The molecule has 29 heavy (non-hydrogen) atoms. The highest BCUT2D eigenvalue weighted by molar-refractivity contribution is 6.02. The summed E-state index contributed by atoms with van der Waals surface area (Å²) in [5.41, 5.74) is 2.92. The normalized spacial score (nSPS) is 10.4. The summed E-state index contributed by atoms with van der Waals surface area (Å²) in [6.07, 6.45) is -0.170. The molecule has 3 amide bonds. The standard InChI is InChI=1S/C20H20F2N2O5/c1-12-3-8-16(13(2)9-12)23-20(27)24-17(25)11-28-18(26)10-14-4-6-15(7-5-14)29-19(21)22/h3-9,19H,10-11H2,1-2H3,(H2,23,24,25,27). The molecule has 0 aliphatic rings. The number of hydrogen-bond donors (Lipinski definition) is 2. The van der Waals surface area contributed by atoms with E-state index in [4.69, 9.17) is 4.74 Å². The van der Waals surface area contributed by atoms with Crippen molar-refractivity contribution in [2.24, 2.45) is 0 Å². The van der Waals surface area contributed by atoms with E-state index < -0.39 is 31.1 Å². The summed E-state index contributed by atoms with van der Waals surface area (Å²) in [7, 11) is 0. The van der Waals surface area contributed by atoms with E-state index in [9.17, 15) is 23.2 Å². The molecule has 2 aromatic rings. The molecule has 9 heteroatoms. The number of benzene rings is 2. The van der Waals surface area contributed by atoms with Crippen molar-refractivity contribution in [3.8, 4) is 5.75 Å². The summed E-state index contributed by atoms with van der Waals surface area (Å²) in [5.74, 6) is -1.54. The lowest BCUT2D eigenvalue weighted by molar-refractivity contribution is -0.147. The van der Waals surface area contributed by atoms with Gasteiger partial charge in [-0.25, -0.2) is 4.79 Å². The first-order valence-corrected chi connectivity index (χ1v) is 8.60. The van der Waals surface area contributed by atoms with Crippen LogP contribution in [-0.2, 0) is 20.7 Å². The Bertz CT molecular complexity index is 885. The number of carbonyl (C=O) groups is 3. The summed E-state index contributed by atoms with van der Waals surface area (Å²) in [6.45, 7) is 0.168. The van der Waals surface area contributed by atoms with Gasteiger partial charge in [0.1, 0.15) is 5.75 Å². The number of imide groups is 1. The molecule has 0 fully saturated rings. The Morgan fingerprint density at radius 2 is 1.72 bits per heavy atom. The third-order valence-corrected chi connectivity index (χ3v) is 3.74. The van der Waals surface area contributed by atoms with Crippen molar-refractivity contribution in [2.75, 3.05) is 11.9 Å². The van der Waals surface area contributed by atoms with E-state index in [2.05, 4.69) is 15.4 Å². The van der Waals surface area contributed by atoms with Gasteiger partial charge in [0.2, 0.25) is 0 Å². The van der Waals surface area contributed by atoms with E-state index in [1.165, 1.54) is 24.3 Å².